The van der Waals surface area contributed by atoms with Crippen molar-refractivity contribution in [1.82, 2.24) is 10.2 Å². The normalized spacial score (nSPS) is 11.2. The number of hydrogen-bond donors (Lipinski definition) is 1. The molecule has 1 heterocycles. The zero-order chi connectivity index (χ0) is 18.7. The van der Waals surface area contributed by atoms with Crippen LogP contribution in [0.15, 0.2) is 51.8 Å². The first-order chi connectivity index (χ1) is 12.4. The molecular weight excluding hydrogens is 442 g/mol. The molecule has 0 atom stereocenters. The van der Waals surface area contributed by atoms with Crippen LogP contribution in [-0.4, -0.2) is 32.8 Å². The van der Waals surface area contributed by atoms with Crippen LogP contribution in [0.1, 0.15) is 0 Å². The maximum atomic E-state index is 12.7. The quantitative estimate of drug-likeness (QED) is 0.607. The van der Waals surface area contributed by atoms with Crippen LogP contribution in [0, 0.1) is 0 Å². The van der Waals surface area contributed by atoms with E-state index in [-0.39, 0.29) is 15.8 Å². The molecule has 1 N–H and O–H groups in total. The Morgan fingerprint density at radius 3 is 2.42 bits per heavy atom. The van der Waals surface area contributed by atoms with E-state index in [9.17, 15) is 8.42 Å². The zero-order valence-electron chi connectivity index (χ0n) is 13.8. The maximum absolute atomic E-state index is 12.7. The van der Waals surface area contributed by atoms with Crippen molar-refractivity contribution in [2.24, 2.45) is 0 Å². The van der Waals surface area contributed by atoms with Crippen LogP contribution in [0.5, 0.6) is 11.5 Å². The van der Waals surface area contributed by atoms with Gasteiger partial charge in [0, 0.05) is 10.0 Å². The Morgan fingerprint density at radius 2 is 1.77 bits per heavy atom. The molecule has 0 unspecified atom stereocenters. The first-order valence-electron chi connectivity index (χ1n) is 7.27. The molecule has 0 fully saturated rings. The first kappa shape index (κ1) is 18.6. The van der Waals surface area contributed by atoms with Crippen molar-refractivity contribution in [2.75, 3.05) is 18.9 Å². The summed E-state index contributed by atoms with van der Waals surface area (Å²) in [5, 5.41) is 8.71. The van der Waals surface area contributed by atoms with Crippen LogP contribution < -0.4 is 14.2 Å². The fraction of sp³-hybridized carbons (Fsp3) is 0.125. The monoisotopic (exact) mass is 455 g/mol. The predicted molar refractivity (Wildman–Crippen MR) is 103 cm³/mol. The standard InChI is InChI=1S/C16H14BrN3O4S2/c1-23-12-6-3-10(4-7-12)15-18-19-16(25-15)20-26(21,22)14-9-11(17)5-8-13(14)24-2/h3-9H,1-2H3,(H,19,20). The Morgan fingerprint density at radius 1 is 1.04 bits per heavy atom. The zero-order valence-corrected chi connectivity index (χ0v) is 17.0. The van der Waals surface area contributed by atoms with E-state index in [1.165, 1.54) is 13.2 Å². The van der Waals surface area contributed by atoms with Crippen molar-refractivity contribution >= 4 is 42.4 Å². The Bertz CT molecular complexity index is 1020. The average molecular weight is 456 g/mol. The van der Waals surface area contributed by atoms with Crippen molar-refractivity contribution in [2.45, 2.75) is 4.90 Å². The van der Waals surface area contributed by atoms with E-state index in [4.69, 9.17) is 9.47 Å². The van der Waals surface area contributed by atoms with Crippen LogP contribution in [-0.2, 0) is 10.0 Å². The number of halogens is 1. The third kappa shape index (κ3) is 3.97. The van der Waals surface area contributed by atoms with Crippen LogP contribution >= 0.6 is 27.3 Å². The van der Waals surface area contributed by atoms with E-state index >= 15 is 0 Å². The number of methoxy groups -OCH3 is 2. The lowest BCUT2D eigenvalue weighted by molar-refractivity contribution is 0.403. The van der Waals surface area contributed by atoms with Gasteiger partial charge in [0.25, 0.3) is 10.0 Å². The number of aromatic nitrogens is 2. The lowest BCUT2D eigenvalue weighted by Crippen LogP contribution is -2.14. The summed E-state index contributed by atoms with van der Waals surface area (Å²) >= 11 is 4.40. The molecule has 3 aromatic rings. The molecule has 0 saturated heterocycles. The highest BCUT2D eigenvalue weighted by Gasteiger charge is 2.22. The van der Waals surface area contributed by atoms with Gasteiger partial charge in [-0.3, -0.25) is 4.72 Å². The minimum Gasteiger partial charge on any atom is -0.497 e. The van der Waals surface area contributed by atoms with E-state index in [1.807, 2.05) is 12.1 Å². The molecule has 136 valence electrons. The van der Waals surface area contributed by atoms with E-state index < -0.39 is 10.0 Å². The van der Waals surface area contributed by atoms with E-state index in [1.54, 1.807) is 31.4 Å². The van der Waals surface area contributed by atoms with E-state index in [0.29, 0.717) is 9.48 Å². The van der Waals surface area contributed by atoms with Gasteiger partial charge < -0.3 is 9.47 Å². The van der Waals surface area contributed by atoms with Gasteiger partial charge in [-0.15, -0.1) is 10.2 Å². The van der Waals surface area contributed by atoms with Gasteiger partial charge in [-0.05, 0) is 42.5 Å². The Kier molecular flexibility index (Phi) is 5.44. The summed E-state index contributed by atoms with van der Waals surface area (Å²) < 4.78 is 38.7. The second kappa shape index (κ2) is 7.60. The van der Waals surface area contributed by atoms with Gasteiger partial charge in [0.05, 0.1) is 14.2 Å². The minimum absolute atomic E-state index is 0.00979. The SMILES string of the molecule is COc1ccc(-c2nnc(NS(=O)(=O)c3cc(Br)ccc3OC)s2)cc1. The summed E-state index contributed by atoms with van der Waals surface area (Å²) in [5.41, 5.74) is 0.814. The molecule has 0 radical (unpaired) electrons. The molecule has 1 aromatic heterocycles. The highest BCUT2D eigenvalue weighted by molar-refractivity contribution is 9.10. The van der Waals surface area contributed by atoms with E-state index in [0.717, 1.165) is 22.6 Å². The maximum Gasteiger partial charge on any atom is 0.267 e. The summed E-state index contributed by atoms with van der Waals surface area (Å²) in [5.74, 6) is 0.960. The fourth-order valence-corrected chi connectivity index (χ4v) is 4.83. The van der Waals surface area contributed by atoms with Gasteiger partial charge in [0.2, 0.25) is 5.13 Å². The molecule has 0 aliphatic heterocycles. The fourth-order valence-electron chi connectivity index (χ4n) is 2.15. The van der Waals surface area contributed by atoms with E-state index in [2.05, 4.69) is 30.8 Å². The van der Waals surface area contributed by atoms with Crippen molar-refractivity contribution in [1.29, 1.82) is 0 Å². The van der Waals surface area contributed by atoms with Gasteiger partial charge in [0.15, 0.2) is 0 Å². The van der Waals surface area contributed by atoms with Crippen molar-refractivity contribution in [3.05, 3.63) is 46.9 Å². The third-order valence-electron chi connectivity index (χ3n) is 3.40. The van der Waals surface area contributed by atoms with Crippen molar-refractivity contribution in [3.63, 3.8) is 0 Å². The molecule has 0 amide bonds. The number of nitrogens with one attached hydrogen (secondary N) is 1. The highest BCUT2D eigenvalue weighted by Crippen LogP contribution is 2.32. The summed E-state index contributed by atoms with van der Waals surface area (Å²) in [6.07, 6.45) is 0. The van der Waals surface area contributed by atoms with Crippen molar-refractivity contribution in [3.8, 4) is 22.1 Å². The molecule has 2 aromatic carbocycles. The van der Waals surface area contributed by atoms with Crippen LogP contribution in [0.4, 0.5) is 5.13 Å². The van der Waals surface area contributed by atoms with Gasteiger partial charge in [-0.1, -0.05) is 27.3 Å². The topological polar surface area (TPSA) is 90.4 Å². The molecule has 0 aliphatic rings. The van der Waals surface area contributed by atoms with Crippen molar-refractivity contribution < 1.29 is 17.9 Å². The second-order valence-corrected chi connectivity index (χ2v) is 8.59. The van der Waals surface area contributed by atoms with Gasteiger partial charge in [0.1, 0.15) is 21.4 Å². The Hall–Kier alpha value is -2.17. The molecular formula is C16H14BrN3O4S2. The highest BCUT2D eigenvalue weighted by atomic mass is 79.9. The van der Waals surface area contributed by atoms with Gasteiger partial charge in [-0.2, -0.15) is 0 Å². The smallest absolute Gasteiger partial charge is 0.267 e. The molecule has 0 bridgehead atoms. The lowest BCUT2D eigenvalue weighted by Gasteiger charge is -2.10. The molecule has 0 aliphatic carbocycles. The molecule has 0 saturated carbocycles. The second-order valence-electron chi connectivity index (χ2n) is 5.04. The van der Waals surface area contributed by atoms with Crippen LogP contribution in [0.25, 0.3) is 10.6 Å². The molecule has 3 rings (SSSR count). The summed E-state index contributed by atoms with van der Waals surface area (Å²) in [7, 11) is -0.877. The van der Waals surface area contributed by atoms with Crippen LogP contribution in [0.2, 0.25) is 0 Å². The molecule has 0 spiro atoms. The minimum atomic E-state index is -3.88. The number of hydrogen-bond acceptors (Lipinski definition) is 7. The largest absolute Gasteiger partial charge is 0.497 e. The van der Waals surface area contributed by atoms with Gasteiger partial charge >= 0.3 is 0 Å². The summed E-state index contributed by atoms with van der Waals surface area (Å²) in [6, 6.07) is 12.0. The first-order valence-corrected chi connectivity index (χ1v) is 10.4. The molecule has 7 nitrogen and oxygen atoms in total. The number of ether oxygens (including phenoxy) is 2. The Labute approximate surface area is 163 Å². The Balaban J connectivity index is 1.87. The molecule has 10 heteroatoms. The number of anilines is 1. The summed E-state index contributed by atoms with van der Waals surface area (Å²) in [4.78, 5) is 0.00979. The number of nitrogens with zero attached hydrogens (tertiary/aromatic N) is 2. The number of benzene rings is 2. The summed E-state index contributed by atoms with van der Waals surface area (Å²) in [6.45, 7) is 0. The number of rotatable bonds is 6. The number of sulfonamides is 1. The van der Waals surface area contributed by atoms with Gasteiger partial charge in [-0.25, -0.2) is 8.42 Å². The third-order valence-corrected chi connectivity index (χ3v) is 6.27. The average Bonchev–Trinajstić information content (AvgIpc) is 3.09. The predicted octanol–water partition coefficient (Wildman–Crippen LogP) is 3.79. The molecule has 26 heavy (non-hydrogen) atoms. The van der Waals surface area contributed by atoms with Crippen LogP contribution in [0.3, 0.4) is 0 Å². The lowest BCUT2D eigenvalue weighted by atomic mass is 10.2.